The lowest BCUT2D eigenvalue weighted by atomic mass is 10.0. The van der Waals surface area contributed by atoms with Gasteiger partial charge in [0.2, 0.25) is 5.91 Å². The summed E-state index contributed by atoms with van der Waals surface area (Å²) >= 11 is 0. The van der Waals surface area contributed by atoms with Gasteiger partial charge in [-0.2, -0.15) is 0 Å². The number of nitrogens with zero attached hydrogens (tertiary/aromatic N) is 2. The summed E-state index contributed by atoms with van der Waals surface area (Å²) in [6.07, 6.45) is 0. The highest BCUT2D eigenvalue weighted by molar-refractivity contribution is 5.86. The Balaban J connectivity index is 2.02. The topological polar surface area (TPSA) is 66.0 Å². The molecule has 0 aliphatic carbocycles. The lowest BCUT2D eigenvalue weighted by Gasteiger charge is -2.18. The number of ether oxygens (including phenoxy) is 1. The summed E-state index contributed by atoms with van der Waals surface area (Å²) in [4.78, 5) is 18.2. The van der Waals surface area contributed by atoms with Gasteiger partial charge >= 0.3 is 0 Å². The molecule has 0 aliphatic heterocycles. The van der Waals surface area contributed by atoms with Crippen LogP contribution in [-0.2, 0) is 11.3 Å². The van der Waals surface area contributed by atoms with Crippen molar-refractivity contribution in [3.63, 3.8) is 0 Å². The van der Waals surface area contributed by atoms with E-state index in [4.69, 9.17) is 4.74 Å². The first kappa shape index (κ1) is 22.3. The molecule has 0 saturated heterocycles. The van der Waals surface area contributed by atoms with Crippen molar-refractivity contribution in [1.29, 1.82) is 0 Å². The van der Waals surface area contributed by atoms with Crippen LogP contribution in [0, 0.1) is 6.92 Å². The molecule has 2 N–H and O–H groups in total. The predicted octanol–water partition coefficient (Wildman–Crippen LogP) is 2.93. The predicted molar refractivity (Wildman–Crippen MR) is 118 cm³/mol. The van der Waals surface area contributed by atoms with E-state index in [1.807, 2.05) is 24.3 Å². The molecule has 0 aliphatic rings. The second-order valence-corrected chi connectivity index (χ2v) is 7.35. The lowest BCUT2D eigenvalue weighted by Crippen LogP contribution is -2.43. The Morgan fingerprint density at radius 2 is 1.72 bits per heavy atom. The minimum absolute atomic E-state index is 0.00414. The third-order valence-corrected chi connectivity index (χ3v) is 4.71. The summed E-state index contributed by atoms with van der Waals surface area (Å²) in [6, 6.07) is 16.4. The summed E-state index contributed by atoms with van der Waals surface area (Å²) in [5.74, 6) is 1.75. The SMILES string of the molecule is COc1ccc(CN=C(NCC(=O)N(C)C)NCC(C)c2ccc(C)cc2)cc1. The quantitative estimate of drug-likeness (QED) is 0.532. The van der Waals surface area contributed by atoms with Crippen LogP contribution in [0.4, 0.5) is 0 Å². The van der Waals surface area contributed by atoms with Gasteiger partial charge in [-0.05, 0) is 36.1 Å². The number of guanidine groups is 1. The molecule has 6 heteroatoms. The van der Waals surface area contributed by atoms with Crippen LogP contribution >= 0.6 is 0 Å². The number of carbonyl (C=O) groups is 1. The molecule has 0 heterocycles. The molecule has 0 radical (unpaired) electrons. The Hall–Kier alpha value is -3.02. The first-order valence-electron chi connectivity index (χ1n) is 9.81. The number of nitrogens with one attached hydrogen (secondary N) is 2. The molecule has 1 unspecified atom stereocenters. The van der Waals surface area contributed by atoms with Gasteiger partial charge < -0.3 is 20.3 Å². The van der Waals surface area contributed by atoms with Gasteiger partial charge in [0.15, 0.2) is 5.96 Å². The molecule has 156 valence electrons. The maximum Gasteiger partial charge on any atom is 0.241 e. The molecule has 0 fully saturated rings. The molecular weight excluding hydrogens is 364 g/mol. The number of aryl methyl sites for hydroxylation is 1. The van der Waals surface area contributed by atoms with E-state index >= 15 is 0 Å². The third kappa shape index (κ3) is 7.49. The van der Waals surface area contributed by atoms with Crippen molar-refractivity contribution in [3.05, 3.63) is 65.2 Å². The second-order valence-electron chi connectivity index (χ2n) is 7.35. The highest BCUT2D eigenvalue weighted by atomic mass is 16.5. The molecule has 2 rings (SSSR count). The monoisotopic (exact) mass is 396 g/mol. The van der Waals surface area contributed by atoms with Crippen molar-refractivity contribution in [2.45, 2.75) is 26.3 Å². The highest BCUT2D eigenvalue weighted by Gasteiger charge is 2.09. The van der Waals surface area contributed by atoms with E-state index in [1.165, 1.54) is 11.1 Å². The van der Waals surface area contributed by atoms with E-state index < -0.39 is 0 Å². The summed E-state index contributed by atoms with van der Waals surface area (Å²) < 4.78 is 5.19. The average molecular weight is 397 g/mol. The minimum Gasteiger partial charge on any atom is -0.497 e. The molecule has 29 heavy (non-hydrogen) atoms. The maximum absolute atomic E-state index is 12.0. The molecular formula is C23H32N4O2. The normalized spacial score (nSPS) is 12.2. The van der Waals surface area contributed by atoms with E-state index in [2.05, 4.69) is 53.7 Å². The van der Waals surface area contributed by atoms with Crippen molar-refractivity contribution >= 4 is 11.9 Å². The number of benzene rings is 2. The molecule has 2 aromatic rings. The molecule has 0 saturated carbocycles. The van der Waals surface area contributed by atoms with Gasteiger partial charge in [0, 0.05) is 20.6 Å². The van der Waals surface area contributed by atoms with Gasteiger partial charge in [0.05, 0.1) is 20.2 Å². The Morgan fingerprint density at radius 1 is 1.07 bits per heavy atom. The molecule has 0 spiro atoms. The summed E-state index contributed by atoms with van der Waals surface area (Å²) in [7, 11) is 5.13. The summed E-state index contributed by atoms with van der Waals surface area (Å²) in [5.41, 5.74) is 3.58. The number of aliphatic imine (C=N–C) groups is 1. The first-order chi connectivity index (χ1) is 13.9. The first-order valence-corrected chi connectivity index (χ1v) is 9.81. The number of rotatable bonds is 8. The second kappa shape index (κ2) is 11.1. The third-order valence-electron chi connectivity index (χ3n) is 4.71. The zero-order valence-corrected chi connectivity index (χ0v) is 18.0. The lowest BCUT2D eigenvalue weighted by molar-refractivity contribution is -0.127. The van der Waals surface area contributed by atoms with Crippen LogP contribution in [0.1, 0.15) is 29.5 Å². The van der Waals surface area contributed by atoms with Gasteiger partial charge in [-0.3, -0.25) is 4.79 Å². The molecule has 6 nitrogen and oxygen atoms in total. The zero-order valence-electron chi connectivity index (χ0n) is 18.0. The van der Waals surface area contributed by atoms with Crippen molar-refractivity contribution in [2.75, 3.05) is 34.3 Å². The van der Waals surface area contributed by atoms with Crippen LogP contribution < -0.4 is 15.4 Å². The van der Waals surface area contributed by atoms with Gasteiger partial charge in [-0.1, -0.05) is 48.9 Å². The molecule has 1 amide bonds. The van der Waals surface area contributed by atoms with Gasteiger partial charge in [-0.25, -0.2) is 4.99 Å². The largest absolute Gasteiger partial charge is 0.497 e. The van der Waals surface area contributed by atoms with Crippen LogP contribution in [0.3, 0.4) is 0 Å². The maximum atomic E-state index is 12.0. The van der Waals surface area contributed by atoms with Crippen LogP contribution in [-0.4, -0.2) is 51.1 Å². The van der Waals surface area contributed by atoms with Crippen LogP contribution in [0.2, 0.25) is 0 Å². The van der Waals surface area contributed by atoms with Crippen LogP contribution in [0.5, 0.6) is 5.75 Å². The van der Waals surface area contributed by atoms with E-state index in [0.717, 1.165) is 11.3 Å². The van der Waals surface area contributed by atoms with Crippen LogP contribution in [0.25, 0.3) is 0 Å². The van der Waals surface area contributed by atoms with E-state index in [1.54, 1.807) is 26.1 Å². The number of hydrogen-bond donors (Lipinski definition) is 2. The standard InChI is InChI=1S/C23H32N4O2/c1-17-6-10-20(11-7-17)18(2)14-24-23(26-16-22(28)27(3)4)25-15-19-8-12-21(29-5)13-9-19/h6-13,18H,14-16H2,1-5H3,(H2,24,25,26). The number of hydrogen-bond acceptors (Lipinski definition) is 3. The van der Waals surface area contributed by atoms with E-state index in [-0.39, 0.29) is 12.5 Å². The van der Waals surface area contributed by atoms with Crippen molar-refractivity contribution in [2.24, 2.45) is 4.99 Å². The number of likely N-dealkylation sites (N-methyl/N-ethyl adjacent to an activating group) is 1. The van der Waals surface area contributed by atoms with Crippen molar-refractivity contribution < 1.29 is 9.53 Å². The smallest absolute Gasteiger partial charge is 0.241 e. The van der Waals surface area contributed by atoms with E-state index in [0.29, 0.717) is 25.0 Å². The zero-order chi connectivity index (χ0) is 21.2. The van der Waals surface area contributed by atoms with Crippen LogP contribution in [0.15, 0.2) is 53.5 Å². The Morgan fingerprint density at radius 3 is 2.31 bits per heavy atom. The molecule has 1 atom stereocenters. The average Bonchev–Trinajstić information content (AvgIpc) is 2.73. The Bertz CT molecular complexity index is 799. The Labute approximate surface area is 174 Å². The fraction of sp³-hybridized carbons (Fsp3) is 0.391. The summed E-state index contributed by atoms with van der Waals surface area (Å²) in [5, 5.41) is 6.50. The van der Waals surface area contributed by atoms with Gasteiger partial charge in [0.25, 0.3) is 0 Å². The fourth-order valence-electron chi connectivity index (χ4n) is 2.66. The molecule has 2 aromatic carbocycles. The fourth-order valence-corrected chi connectivity index (χ4v) is 2.66. The number of carbonyl (C=O) groups excluding carboxylic acids is 1. The van der Waals surface area contributed by atoms with E-state index in [9.17, 15) is 4.79 Å². The highest BCUT2D eigenvalue weighted by Crippen LogP contribution is 2.15. The minimum atomic E-state index is -0.00414. The summed E-state index contributed by atoms with van der Waals surface area (Å²) in [6.45, 7) is 5.68. The van der Waals surface area contributed by atoms with Crippen molar-refractivity contribution in [3.8, 4) is 5.75 Å². The number of methoxy groups -OCH3 is 1. The number of amides is 1. The van der Waals surface area contributed by atoms with Gasteiger partial charge in [0.1, 0.15) is 5.75 Å². The van der Waals surface area contributed by atoms with Gasteiger partial charge in [-0.15, -0.1) is 0 Å². The van der Waals surface area contributed by atoms with Crippen molar-refractivity contribution in [1.82, 2.24) is 15.5 Å². The Kier molecular flexibility index (Phi) is 8.52. The molecule has 0 aromatic heterocycles. The molecule has 0 bridgehead atoms.